The molecule has 1 saturated heterocycles. The van der Waals surface area contributed by atoms with Crippen molar-refractivity contribution in [2.24, 2.45) is 0 Å². The summed E-state index contributed by atoms with van der Waals surface area (Å²) in [5.41, 5.74) is 1.28. The molecule has 0 atom stereocenters. The van der Waals surface area contributed by atoms with E-state index in [1.807, 2.05) is 78.9 Å². The maximum Gasteiger partial charge on any atom is 0.264 e. The van der Waals surface area contributed by atoms with E-state index in [9.17, 15) is 4.79 Å². The molecule has 0 saturated carbocycles. The zero-order chi connectivity index (χ0) is 18.9. The molecule has 0 aliphatic carbocycles. The normalized spacial score (nSPS) is 15.7. The van der Waals surface area contributed by atoms with Gasteiger partial charge in [0.15, 0.2) is 11.5 Å². The van der Waals surface area contributed by atoms with Crippen molar-refractivity contribution in [2.45, 2.75) is 12.1 Å². The van der Waals surface area contributed by atoms with E-state index >= 15 is 0 Å². The Morgan fingerprint density at radius 3 is 1.93 bits per heavy atom. The van der Waals surface area contributed by atoms with Crippen LogP contribution in [0.15, 0.2) is 84.9 Å². The van der Waals surface area contributed by atoms with Gasteiger partial charge in [0, 0.05) is 5.02 Å². The molecule has 4 nitrogen and oxygen atoms in total. The molecule has 1 aliphatic rings. The Labute approximate surface area is 162 Å². The average molecular weight is 376 g/mol. The number of hydrogen-bond donors (Lipinski definition) is 2. The van der Waals surface area contributed by atoms with Crippen LogP contribution in [0, 0.1) is 5.41 Å². The first kappa shape index (κ1) is 17.3. The second kappa shape index (κ2) is 6.89. The lowest BCUT2D eigenvalue weighted by Crippen LogP contribution is -2.45. The Morgan fingerprint density at radius 1 is 0.852 bits per heavy atom. The Kier molecular flexibility index (Phi) is 4.42. The molecule has 0 unspecified atom stereocenters. The van der Waals surface area contributed by atoms with Crippen molar-refractivity contribution in [3.63, 3.8) is 0 Å². The number of benzene rings is 3. The number of nitrogens with zero attached hydrogens (tertiary/aromatic N) is 1. The minimum atomic E-state index is -1.12. The lowest BCUT2D eigenvalue weighted by Gasteiger charge is -2.28. The van der Waals surface area contributed by atoms with Gasteiger partial charge in [-0.05, 0) is 22.8 Å². The summed E-state index contributed by atoms with van der Waals surface area (Å²) in [5.74, 6) is -0.127. The molecule has 134 valence electrons. The SMILES string of the molecule is N=C1NC(c2ccccc2)(c2ccccc2)C(=O)N1Cc1ccccc1Cl. The zero-order valence-electron chi connectivity index (χ0n) is 14.5. The minimum Gasteiger partial charge on any atom is -0.334 e. The average Bonchev–Trinajstić information content (AvgIpc) is 2.96. The first-order valence-electron chi connectivity index (χ1n) is 8.66. The van der Waals surface area contributed by atoms with Gasteiger partial charge in [-0.2, -0.15) is 0 Å². The number of carbonyl (C=O) groups is 1. The van der Waals surface area contributed by atoms with Gasteiger partial charge in [-0.1, -0.05) is 90.5 Å². The summed E-state index contributed by atoms with van der Waals surface area (Å²) in [4.78, 5) is 15.1. The molecule has 1 fully saturated rings. The number of rotatable bonds is 4. The fourth-order valence-corrected chi connectivity index (χ4v) is 3.68. The highest BCUT2D eigenvalue weighted by Crippen LogP contribution is 2.36. The van der Waals surface area contributed by atoms with E-state index in [4.69, 9.17) is 17.0 Å². The van der Waals surface area contributed by atoms with E-state index in [-0.39, 0.29) is 18.4 Å². The van der Waals surface area contributed by atoms with Gasteiger partial charge in [0.25, 0.3) is 5.91 Å². The summed E-state index contributed by atoms with van der Waals surface area (Å²) in [6.07, 6.45) is 0. The molecule has 0 aromatic heterocycles. The summed E-state index contributed by atoms with van der Waals surface area (Å²) >= 11 is 6.27. The van der Waals surface area contributed by atoms with E-state index in [0.29, 0.717) is 5.02 Å². The van der Waals surface area contributed by atoms with Gasteiger partial charge in [-0.15, -0.1) is 0 Å². The zero-order valence-corrected chi connectivity index (χ0v) is 15.3. The molecule has 1 amide bonds. The fourth-order valence-electron chi connectivity index (χ4n) is 3.48. The van der Waals surface area contributed by atoms with Gasteiger partial charge in [0.2, 0.25) is 0 Å². The van der Waals surface area contributed by atoms with Gasteiger partial charge in [0.1, 0.15) is 0 Å². The third kappa shape index (κ3) is 2.88. The molecule has 5 heteroatoms. The van der Waals surface area contributed by atoms with Crippen molar-refractivity contribution in [1.29, 1.82) is 5.41 Å². The molecular weight excluding hydrogens is 358 g/mol. The molecule has 0 spiro atoms. The maximum absolute atomic E-state index is 13.6. The summed E-state index contributed by atoms with van der Waals surface area (Å²) in [6.45, 7) is 0.242. The monoisotopic (exact) mass is 375 g/mol. The summed E-state index contributed by atoms with van der Waals surface area (Å²) < 4.78 is 0. The van der Waals surface area contributed by atoms with Crippen molar-refractivity contribution in [2.75, 3.05) is 0 Å². The van der Waals surface area contributed by atoms with Crippen LogP contribution in [0.1, 0.15) is 16.7 Å². The van der Waals surface area contributed by atoms with E-state index in [1.54, 1.807) is 6.07 Å². The molecule has 3 aromatic rings. The van der Waals surface area contributed by atoms with Gasteiger partial charge in [0.05, 0.1) is 6.54 Å². The first-order valence-corrected chi connectivity index (χ1v) is 9.04. The highest BCUT2D eigenvalue weighted by molar-refractivity contribution is 6.31. The van der Waals surface area contributed by atoms with Crippen LogP contribution in [0.3, 0.4) is 0 Å². The van der Waals surface area contributed by atoms with Crippen LogP contribution in [0.25, 0.3) is 0 Å². The van der Waals surface area contributed by atoms with Crippen LogP contribution in [0.5, 0.6) is 0 Å². The van der Waals surface area contributed by atoms with E-state index in [1.165, 1.54) is 4.90 Å². The summed E-state index contributed by atoms with van der Waals surface area (Å²) in [5, 5.41) is 12.2. The molecule has 27 heavy (non-hydrogen) atoms. The summed E-state index contributed by atoms with van der Waals surface area (Å²) in [6, 6.07) is 26.4. The predicted molar refractivity (Wildman–Crippen MR) is 107 cm³/mol. The van der Waals surface area contributed by atoms with E-state index in [0.717, 1.165) is 16.7 Å². The maximum atomic E-state index is 13.6. The van der Waals surface area contributed by atoms with Gasteiger partial charge in [-0.25, -0.2) is 0 Å². The Hall–Kier alpha value is -3.11. The second-order valence-corrected chi connectivity index (χ2v) is 6.85. The fraction of sp³-hybridized carbons (Fsp3) is 0.0909. The number of halogens is 1. The Balaban J connectivity index is 1.81. The van der Waals surface area contributed by atoms with Gasteiger partial charge >= 0.3 is 0 Å². The third-order valence-corrected chi connectivity index (χ3v) is 5.21. The lowest BCUT2D eigenvalue weighted by molar-refractivity contribution is -0.130. The molecule has 4 rings (SSSR count). The van der Waals surface area contributed by atoms with Crippen LogP contribution in [0.4, 0.5) is 0 Å². The second-order valence-electron chi connectivity index (χ2n) is 6.44. The van der Waals surface area contributed by atoms with Gasteiger partial charge in [-0.3, -0.25) is 15.1 Å². The molecule has 1 heterocycles. The molecular formula is C22H18ClN3O. The smallest absolute Gasteiger partial charge is 0.264 e. The third-order valence-electron chi connectivity index (χ3n) is 4.84. The molecule has 2 N–H and O–H groups in total. The number of carbonyl (C=O) groups excluding carboxylic acids is 1. The highest BCUT2D eigenvalue weighted by Gasteiger charge is 2.52. The van der Waals surface area contributed by atoms with Crippen LogP contribution >= 0.6 is 11.6 Å². The number of hydrogen-bond acceptors (Lipinski definition) is 2. The molecule has 3 aromatic carbocycles. The number of guanidine groups is 1. The van der Waals surface area contributed by atoms with Crippen molar-refractivity contribution in [3.8, 4) is 0 Å². The first-order chi connectivity index (χ1) is 13.1. The van der Waals surface area contributed by atoms with E-state index in [2.05, 4.69) is 5.32 Å². The van der Waals surface area contributed by atoms with Crippen molar-refractivity contribution in [1.82, 2.24) is 10.2 Å². The summed E-state index contributed by atoms with van der Waals surface area (Å²) in [7, 11) is 0. The van der Waals surface area contributed by atoms with Crippen LogP contribution in [-0.2, 0) is 16.9 Å². The largest absolute Gasteiger partial charge is 0.334 e. The van der Waals surface area contributed by atoms with Crippen LogP contribution in [0.2, 0.25) is 5.02 Å². The molecule has 0 radical (unpaired) electrons. The predicted octanol–water partition coefficient (Wildman–Crippen LogP) is 4.15. The minimum absolute atomic E-state index is 0.0626. The van der Waals surface area contributed by atoms with Gasteiger partial charge < -0.3 is 5.32 Å². The van der Waals surface area contributed by atoms with Crippen molar-refractivity contribution >= 4 is 23.5 Å². The van der Waals surface area contributed by atoms with Crippen molar-refractivity contribution < 1.29 is 4.79 Å². The lowest BCUT2D eigenvalue weighted by atomic mass is 9.82. The Morgan fingerprint density at radius 2 is 1.37 bits per heavy atom. The standard InChI is InChI=1S/C22H18ClN3O/c23-19-14-8-7-9-16(19)15-26-20(27)22(25-21(26)24,17-10-3-1-4-11-17)18-12-5-2-6-13-18/h1-14H,15H2,(H2,24,25). The molecule has 0 bridgehead atoms. The van der Waals surface area contributed by atoms with Crippen LogP contribution in [-0.4, -0.2) is 16.8 Å². The van der Waals surface area contributed by atoms with E-state index < -0.39 is 5.54 Å². The van der Waals surface area contributed by atoms with Crippen molar-refractivity contribution in [3.05, 3.63) is 107 Å². The number of nitrogens with one attached hydrogen (secondary N) is 2. The quantitative estimate of drug-likeness (QED) is 0.719. The topological polar surface area (TPSA) is 56.2 Å². The van der Waals surface area contributed by atoms with Crippen LogP contribution < -0.4 is 5.32 Å². The molecule has 1 aliphatic heterocycles. The highest BCUT2D eigenvalue weighted by atomic mass is 35.5. The number of amides is 1. The Bertz CT molecular complexity index is 949.